The molecule has 1 amide bonds. The van der Waals surface area contributed by atoms with Crippen LogP contribution in [0.1, 0.15) is 37.6 Å². The molecule has 1 saturated heterocycles. The molecule has 2 unspecified atom stereocenters. The standard InChI is InChI=1S/C25H28N2O2/c1-4-29-20-9-7-8-19(13-20)24-14-22(21-10-5-6-11-23(21)26-24)25(28)27-15-17(2)12-18(3)16-27/h5-11,13-14,17-18H,4,12,15-16H2,1-3H3. The van der Waals surface area contributed by atoms with Crippen molar-refractivity contribution in [3.63, 3.8) is 0 Å². The summed E-state index contributed by atoms with van der Waals surface area (Å²) in [5.74, 6) is 1.96. The number of para-hydroxylation sites is 1. The van der Waals surface area contributed by atoms with Crippen LogP contribution in [0.15, 0.2) is 54.6 Å². The van der Waals surface area contributed by atoms with E-state index in [0.717, 1.165) is 46.6 Å². The Hall–Kier alpha value is -2.88. The number of carbonyl (C=O) groups is 1. The number of rotatable bonds is 4. The van der Waals surface area contributed by atoms with Crippen LogP contribution in [0.5, 0.6) is 5.75 Å². The highest BCUT2D eigenvalue weighted by Gasteiger charge is 2.27. The average molecular weight is 389 g/mol. The quantitative estimate of drug-likeness (QED) is 0.599. The second-order valence-electron chi connectivity index (χ2n) is 8.19. The lowest BCUT2D eigenvalue weighted by Crippen LogP contribution is -2.42. The topological polar surface area (TPSA) is 42.4 Å². The number of ether oxygens (including phenoxy) is 1. The van der Waals surface area contributed by atoms with E-state index in [4.69, 9.17) is 9.72 Å². The molecule has 1 fully saturated rings. The largest absolute Gasteiger partial charge is 0.494 e. The molecule has 150 valence electrons. The van der Waals surface area contributed by atoms with Gasteiger partial charge in [0.2, 0.25) is 0 Å². The highest BCUT2D eigenvalue weighted by molar-refractivity contribution is 6.07. The van der Waals surface area contributed by atoms with Crippen LogP contribution in [0.3, 0.4) is 0 Å². The first kappa shape index (κ1) is 19.4. The zero-order valence-electron chi connectivity index (χ0n) is 17.4. The van der Waals surface area contributed by atoms with Gasteiger partial charge in [0, 0.05) is 24.0 Å². The van der Waals surface area contributed by atoms with Gasteiger partial charge >= 0.3 is 0 Å². The molecule has 0 saturated carbocycles. The molecule has 29 heavy (non-hydrogen) atoms. The fourth-order valence-electron chi connectivity index (χ4n) is 4.41. The van der Waals surface area contributed by atoms with Crippen LogP contribution in [-0.2, 0) is 0 Å². The number of nitrogens with zero attached hydrogens (tertiary/aromatic N) is 2. The Labute approximate surface area is 172 Å². The van der Waals surface area contributed by atoms with Gasteiger partial charge in [0.05, 0.1) is 23.4 Å². The minimum absolute atomic E-state index is 0.101. The summed E-state index contributed by atoms with van der Waals surface area (Å²) in [6.07, 6.45) is 1.18. The molecule has 3 aromatic rings. The minimum atomic E-state index is 0.101. The molecule has 0 N–H and O–H groups in total. The van der Waals surface area contributed by atoms with Gasteiger partial charge in [0.15, 0.2) is 0 Å². The Morgan fingerprint density at radius 2 is 1.83 bits per heavy atom. The first-order valence-electron chi connectivity index (χ1n) is 10.5. The molecule has 0 bridgehead atoms. The number of likely N-dealkylation sites (tertiary alicyclic amines) is 1. The number of fused-ring (bicyclic) bond motifs is 1. The van der Waals surface area contributed by atoms with Crippen LogP contribution in [0.2, 0.25) is 0 Å². The number of aromatic nitrogens is 1. The Morgan fingerprint density at radius 1 is 1.07 bits per heavy atom. The van der Waals surface area contributed by atoms with Crippen LogP contribution in [0.25, 0.3) is 22.2 Å². The number of benzene rings is 2. The number of pyridine rings is 1. The fourth-order valence-corrected chi connectivity index (χ4v) is 4.41. The molecule has 0 radical (unpaired) electrons. The molecule has 0 spiro atoms. The van der Waals surface area contributed by atoms with Gasteiger partial charge in [-0.3, -0.25) is 4.79 Å². The van der Waals surface area contributed by atoms with Crippen molar-refractivity contribution in [2.24, 2.45) is 11.8 Å². The summed E-state index contributed by atoms with van der Waals surface area (Å²) in [6, 6.07) is 17.8. The summed E-state index contributed by atoms with van der Waals surface area (Å²) < 4.78 is 5.65. The number of carbonyl (C=O) groups excluding carboxylic acids is 1. The van der Waals surface area contributed by atoms with Crippen molar-refractivity contribution in [2.45, 2.75) is 27.2 Å². The number of hydrogen-bond donors (Lipinski definition) is 0. The maximum Gasteiger partial charge on any atom is 0.254 e. The minimum Gasteiger partial charge on any atom is -0.494 e. The van der Waals surface area contributed by atoms with E-state index in [-0.39, 0.29) is 5.91 Å². The molecule has 2 heterocycles. The van der Waals surface area contributed by atoms with Crippen molar-refractivity contribution in [2.75, 3.05) is 19.7 Å². The zero-order chi connectivity index (χ0) is 20.4. The first-order valence-corrected chi connectivity index (χ1v) is 10.5. The third-order valence-corrected chi connectivity index (χ3v) is 5.54. The maximum atomic E-state index is 13.5. The maximum absolute atomic E-state index is 13.5. The van der Waals surface area contributed by atoms with E-state index in [0.29, 0.717) is 18.4 Å². The average Bonchev–Trinajstić information content (AvgIpc) is 2.72. The lowest BCUT2D eigenvalue weighted by Gasteiger charge is -2.35. The number of amides is 1. The number of hydrogen-bond acceptors (Lipinski definition) is 3. The predicted octanol–water partition coefficient (Wildman–Crippen LogP) is 5.42. The van der Waals surface area contributed by atoms with E-state index in [9.17, 15) is 4.79 Å². The van der Waals surface area contributed by atoms with Crippen molar-refractivity contribution in [1.29, 1.82) is 0 Å². The molecule has 4 nitrogen and oxygen atoms in total. The summed E-state index contributed by atoms with van der Waals surface area (Å²) >= 11 is 0. The third-order valence-electron chi connectivity index (χ3n) is 5.54. The van der Waals surface area contributed by atoms with E-state index >= 15 is 0 Å². The summed E-state index contributed by atoms with van der Waals surface area (Å²) in [6.45, 7) is 8.67. The highest BCUT2D eigenvalue weighted by atomic mass is 16.5. The molecule has 0 aliphatic carbocycles. The van der Waals surface area contributed by atoms with Gasteiger partial charge in [-0.2, -0.15) is 0 Å². The fraction of sp³-hybridized carbons (Fsp3) is 0.360. The molecule has 2 atom stereocenters. The van der Waals surface area contributed by atoms with Crippen molar-refractivity contribution in [3.05, 3.63) is 60.2 Å². The van der Waals surface area contributed by atoms with Gasteiger partial charge in [-0.15, -0.1) is 0 Å². The monoisotopic (exact) mass is 388 g/mol. The van der Waals surface area contributed by atoms with Crippen molar-refractivity contribution >= 4 is 16.8 Å². The van der Waals surface area contributed by atoms with Crippen molar-refractivity contribution in [3.8, 4) is 17.0 Å². The molecule has 2 aromatic carbocycles. The van der Waals surface area contributed by atoms with E-state index in [1.807, 2.05) is 66.4 Å². The first-order chi connectivity index (χ1) is 14.0. The molecular formula is C25H28N2O2. The van der Waals surface area contributed by atoms with Gasteiger partial charge in [0.25, 0.3) is 5.91 Å². The van der Waals surface area contributed by atoms with Crippen LogP contribution in [0, 0.1) is 11.8 Å². The lowest BCUT2D eigenvalue weighted by atomic mass is 9.91. The van der Waals surface area contributed by atoms with Gasteiger partial charge in [-0.05, 0) is 49.4 Å². The SMILES string of the molecule is CCOc1cccc(-c2cc(C(=O)N3CC(C)CC(C)C3)c3ccccc3n2)c1. The molecular weight excluding hydrogens is 360 g/mol. The lowest BCUT2D eigenvalue weighted by molar-refractivity contribution is 0.0625. The summed E-state index contributed by atoms with van der Waals surface area (Å²) in [4.78, 5) is 20.4. The Balaban J connectivity index is 1.79. The van der Waals surface area contributed by atoms with Crippen LogP contribution in [0.4, 0.5) is 0 Å². The van der Waals surface area contributed by atoms with Gasteiger partial charge < -0.3 is 9.64 Å². The van der Waals surface area contributed by atoms with Gasteiger partial charge in [0.1, 0.15) is 5.75 Å². The van der Waals surface area contributed by atoms with Crippen LogP contribution < -0.4 is 4.74 Å². The molecule has 1 aliphatic heterocycles. The van der Waals surface area contributed by atoms with Crippen LogP contribution in [-0.4, -0.2) is 35.5 Å². The Bertz CT molecular complexity index is 1020. The van der Waals surface area contributed by atoms with E-state index in [1.165, 1.54) is 6.42 Å². The van der Waals surface area contributed by atoms with Gasteiger partial charge in [-0.1, -0.05) is 44.2 Å². The molecule has 1 aliphatic rings. The Morgan fingerprint density at radius 3 is 2.59 bits per heavy atom. The summed E-state index contributed by atoms with van der Waals surface area (Å²) in [5.41, 5.74) is 3.32. The smallest absolute Gasteiger partial charge is 0.254 e. The zero-order valence-corrected chi connectivity index (χ0v) is 17.4. The van der Waals surface area contributed by atoms with E-state index in [2.05, 4.69) is 13.8 Å². The number of piperidine rings is 1. The molecule has 4 heteroatoms. The highest BCUT2D eigenvalue weighted by Crippen LogP contribution is 2.29. The van der Waals surface area contributed by atoms with E-state index in [1.54, 1.807) is 0 Å². The third kappa shape index (κ3) is 4.12. The second kappa shape index (κ2) is 8.24. The van der Waals surface area contributed by atoms with E-state index < -0.39 is 0 Å². The molecule has 1 aromatic heterocycles. The molecule has 4 rings (SSSR count). The summed E-state index contributed by atoms with van der Waals surface area (Å²) in [5, 5.41) is 0.910. The van der Waals surface area contributed by atoms with Gasteiger partial charge in [-0.25, -0.2) is 4.98 Å². The Kier molecular flexibility index (Phi) is 5.52. The second-order valence-corrected chi connectivity index (χ2v) is 8.19. The summed E-state index contributed by atoms with van der Waals surface area (Å²) in [7, 11) is 0. The van der Waals surface area contributed by atoms with Crippen molar-refractivity contribution in [1.82, 2.24) is 9.88 Å². The van der Waals surface area contributed by atoms with Crippen molar-refractivity contribution < 1.29 is 9.53 Å². The normalized spacial score (nSPS) is 19.3. The predicted molar refractivity (Wildman–Crippen MR) is 117 cm³/mol. The van der Waals surface area contributed by atoms with Crippen LogP contribution >= 0.6 is 0 Å².